The average Bonchev–Trinajstić information content (AvgIpc) is 3.37. The number of anilines is 2. The van der Waals surface area contributed by atoms with Crippen molar-refractivity contribution in [2.75, 3.05) is 5.32 Å². The smallest absolute Gasteiger partial charge is 0.282 e. The molecule has 2 aromatic carbocycles. The van der Waals surface area contributed by atoms with Crippen LogP contribution in [0.2, 0.25) is 0 Å². The Morgan fingerprint density at radius 3 is 2.79 bits per heavy atom. The van der Waals surface area contributed by atoms with E-state index in [0.29, 0.717) is 29.0 Å². The van der Waals surface area contributed by atoms with E-state index in [2.05, 4.69) is 32.2 Å². The second kappa shape index (κ2) is 10.6. The molecule has 2 bridgehead atoms. The number of ether oxygens (including phenoxy) is 1. The van der Waals surface area contributed by atoms with Crippen molar-refractivity contribution < 1.29 is 13.9 Å². The van der Waals surface area contributed by atoms with Gasteiger partial charge >= 0.3 is 0 Å². The van der Waals surface area contributed by atoms with Gasteiger partial charge in [-0.15, -0.1) is 5.10 Å². The first-order valence-electron chi connectivity index (χ1n) is 14.2. The summed E-state index contributed by atoms with van der Waals surface area (Å²) in [5.74, 6) is 0.451. The molecule has 2 aliphatic rings. The van der Waals surface area contributed by atoms with Crippen molar-refractivity contribution in [3.63, 3.8) is 0 Å². The molecule has 1 amide bonds. The molecule has 43 heavy (non-hydrogen) atoms. The van der Waals surface area contributed by atoms with Gasteiger partial charge in [-0.05, 0) is 86.2 Å². The number of hydrogen-bond donors (Lipinski definition) is 1. The topological polar surface area (TPSA) is 111 Å². The van der Waals surface area contributed by atoms with E-state index in [0.717, 1.165) is 58.6 Å². The number of piperidine rings is 1. The van der Waals surface area contributed by atoms with Crippen molar-refractivity contribution in [3.05, 3.63) is 84.6 Å². The van der Waals surface area contributed by atoms with Crippen LogP contribution in [0, 0.1) is 6.92 Å². The van der Waals surface area contributed by atoms with E-state index in [1.54, 1.807) is 9.58 Å². The van der Waals surface area contributed by atoms with Gasteiger partial charge in [0.15, 0.2) is 11.6 Å². The van der Waals surface area contributed by atoms with Crippen LogP contribution in [0.5, 0.6) is 11.5 Å². The fourth-order valence-corrected chi connectivity index (χ4v) is 6.08. The zero-order valence-corrected chi connectivity index (χ0v) is 23.8. The highest BCUT2D eigenvalue weighted by molar-refractivity contribution is 5.92. The van der Waals surface area contributed by atoms with Crippen molar-refractivity contribution in [2.45, 2.75) is 44.7 Å². The highest BCUT2D eigenvalue weighted by atomic mass is 19.1. The SMILES string of the molecule is C=C(F)C(=O)N1C2C=C(c3ccc4ncnc(Nc5ccc(Oc6ccc7c(c6)nnn7C)c(C)c5)c4n3)CC1CCC2. The molecule has 2 aliphatic heterocycles. The molecule has 5 aromatic rings. The van der Waals surface area contributed by atoms with Gasteiger partial charge in [-0.1, -0.05) is 17.9 Å². The zero-order chi connectivity index (χ0) is 29.7. The minimum Gasteiger partial charge on any atom is -0.457 e. The van der Waals surface area contributed by atoms with E-state index in [4.69, 9.17) is 9.72 Å². The Kier molecular flexibility index (Phi) is 6.56. The Balaban J connectivity index is 1.14. The molecular weight excluding hydrogens is 547 g/mol. The number of benzene rings is 2. The van der Waals surface area contributed by atoms with Crippen LogP contribution in [0.4, 0.5) is 15.9 Å². The van der Waals surface area contributed by atoms with Gasteiger partial charge < -0.3 is 15.0 Å². The van der Waals surface area contributed by atoms with Gasteiger partial charge in [-0.2, -0.15) is 0 Å². The van der Waals surface area contributed by atoms with Crippen LogP contribution in [0.1, 0.15) is 36.9 Å². The molecule has 2 atom stereocenters. The predicted molar refractivity (Wildman–Crippen MR) is 161 cm³/mol. The molecule has 11 heteroatoms. The van der Waals surface area contributed by atoms with Crippen LogP contribution in [-0.4, -0.2) is 52.8 Å². The number of hydrogen-bond acceptors (Lipinski definition) is 8. The Hall–Kier alpha value is -5.19. The maximum atomic E-state index is 13.8. The second-order valence-electron chi connectivity index (χ2n) is 11.0. The molecule has 5 heterocycles. The Morgan fingerprint density at radius 1 is 1.09 bits per heavy atom. The lowest BCUT2D eigenvalue weighted by Crippen LogP contribution is -2.51. The fraction of sp³-hybridized carbons (Fsp3) is 0.250. The molecule has 10 nitrogen and oxygen atoms in total. The van der Waals surface area contributed by atoms with Crippen LogP contribution in [-0.2, 0) is 11.8 Å². The monoisotopic (exact) mass is 576 g/mol. The molecule has 0 saturated carbocycles. The summed E-state index contributed by atoms with van der Waals surface area (Å²) in [6, 6.07) is 15.2. The number of amides is 1. The average molecular weight is 577 g/mol. The summed E-state index contributed by atoms with van der Waals surface area (Å²) in [5, 5.41) is 11.6. The molecule has 1 N–H and O–H groups in total. The van der Waals surface area contributed by atoms with Gasteiger partial charge in [0.1, 0.15) is 28.9 Å². The third kappa shape index (κ3) is 4.96. The molecule has 2 unspecified atom stereocenters. The van der Waals surface area contributed by atoms with Crippen LogP contribution in [0.15, 0.2) is 73.3 Å². The number of rotatable bonds is 6. The predicted octanol–water partition coefficient (Wildman–Crippen LogP) is 6.17. The molecule has 1 saturated heterocycles. The van der Waals surface area contributed by atoms with E-state index < -0.39 is 11.7 Å². The summed E-state index contributed by atoms with van der Waals surface area (Å²) in [4.78, 5) is 28.0. The van der Waals surface area contributed by atoms with Crippen LogP contribution in [0.25, 0.3) is 27.6 Å². The van der Waals surface area contributed by atoms with Crippen LogP contribution in [0.3, 0.4) is 0 Å². The lowest BCUT2D eigenvalue weighted by atomic mass is 9.83. The molecule has 7 rings (SSSR count). The molecular formula is C32H29FN8O2. The van der Waals surface area contributed by atoms with Crippen molar-refractivity contribution in [3.8, 4) is 11.5 Å². The van der Waals surface area contributed by atoms with Crippen molar-refractivity contribution in [1.29, 1.82) is 0 Å². The third-order valence-electron chi connectivity index (χ3n) is 8.16. The number of carbonyl (C=O) groups is 1. The largest absolute Gasteiger partial charge is 0.457 e. The number of pyridine rings is 1. The molecule has 1 fully saturated rings. The van der Waals surface area contributed by atoms with E-state index in [1.165, 1.54) is 6.33 Å². The minimum absolute atomic E-state index is 0.0767. The first-order valence-corrected chi connectivity index (χ1v) is 14.2. The molecule has 0 radical (unpaired) electrons. The lowest BCUT2D eigenvalue weighted by Gasteiger charge is -2.44. The van der Waals surface area contributed by atoms with Gasteiger partial charge in [-0.25, -0.2) is 24.0 Å². The normalized spacial score (nSPS) is 18.0. The Bertz CT molecular complexity index is 1950. The van der Waals surface area contributed by atoms with E-state index in [1.807, 2.05) is 68.6 Å². The Morgan fingerprint density at radius 2 is 1.98 bits per heavy atom. The van der Waals surface area contributed by atoms with Crippen LogP contribution >= 0.6 is 0 Å². The molecule has 0 spiro atoms. The number of nitrogens with one attached hydrogen (secondary N) is 1. The number of nitrogens with zero attached hydrogens (tertiary/aromatic N) is 7. The fourth-order valence-electron chi connectivity index (χ4n) is 6.08. The number of fused-ring (bicyclic) bond motifs is 4. The number of carbonyl (C=O) groups excluding carboxylic acids is 1. The number of aryl methyl sites for hydroxylation is 2. The van der Waals surface area contributed by atoms with Gasteiger partial charge in [-0.3, -0.25) is 4.79 Å². The van der Waals surface area contributed by atoms with Gasteiger partial charge in [0, 0.05) is 24.8 Å². The Labute approximate surface area is 246 Å². The van der Waals surface area contributed by atoms with Gasteiger partial charge in [0.05, 0.1) is 22.8 Å². The van der Waals surface area contributed by atoms with Crippen LogP contribution < -0.4 is 10.1 Å². The summed E-state index contributed by atoms with van der Waals surface area (Å²) in [6.45, 7) is 5.21. The highest BCUT2D eigenvalue weighted by Gasteiger charge is 2.38. The molecule has 0 aliphatic carbocycles. The first-order chi connectivity index (χ1) is 20.8. The molecule has 216 valence electrons. The summed E-state index contributed by atoms with van der Waals surface area (Å²) >= 11 is 0. The third-order valence-corrected chi connectivity index (χ3v) is 8.16. The quantitative estimate of drug-likeness (QED) is 0.239. The van der Waals surface area contributed by atoms with E-state index in [-0.39, 0.29) is 12.1 Å². The highest BCUT2D eigenvalue weighted by Crippen LogP contribution is 2.38. The van der Waals surface area contributed by atoms with Crippen molar-refractivity contribution in [2.24, 2.45) is 7.05 Å². The van der Waals surface area contributed by atoms with Crippen molar-refractivity contribution >= 4 is 45.1 Å². The summed E-state index contributed by atoms with van der Waals surface area (Å²) in [6.07, 6.45) is 6.77. The first kappa shape index (κ1) is 26.7. The van der Waals surface area contributed by atoms with Gasteiger partial charge in [0.25, 0.3) is 5.91 Å². The van der Waals surface area contributed by atoms with Gasteiger partial charge in [0.2, 0.25) is 0 Å². The van der Waals surface area contributed by atoms with Crippen molar-refractivity contribution in [1.82, 2.24) is 34.8 Å². The maximum absolute atomic E-state index is 13.8. The van der Waals surface area contributed by atoms with E-state index >= 15 is 0 Å². The number of aromatic nitrogens is 6. The standard InChI is InChI=1S/C32H29FN8O2/c1-18-13-21(7-12-29(18)43-24-8-11-28-27(16-24)38-39-40(28)3)36-31-30-26(34-17-35-31)10-9-25(37-30)20-14-22-5-4-6-23(15-20)41(22)32(42)19(2)33/h7-14,16-17,22-23H,2,4-6,15H2,1,3H3,(H,34,35,36). The lowest BCUT2D eigenvalue weighted by molar-refractivity contribution is -0.134. The zero-order valence-electron chi connectivity index (χ0n) is 23.8. The summed E-state index contributed by atoms with van der Waals surface area (Å²) < 4.78 is 21.6. The number of halogens is 1. The summed E-state index contributed by atoms with van der Waals surface area (Å²) in [5.41, 5.74) is 6.64. The maximum Gasteiger partial charge on any atom is 0.282 e. The molecule has 3 aromatic heterocycles. The summed E-state index contributed by atoms with van der Waals surface area (Å²) in [7, 11) is 1.85. The second-order valence-corrected chi connectivity index (χ2v) is 11.0. The minimum atomic E-state index is -0.913. The van der Waals surface area contributed by atoms with E-state index in [9.17, 15) is 9.18 Å².